The number of aromatic nitrogens is 4. The lowest BCUT2D eigenvalue weighted by Crippen LogP contribution is -2.40. The smallest absolute Gasteiger partial charge is 0.407 e. The molecule has 3 fully saturated rings. The predicted octanol–water partition coefficient (Wildman–Crippen LogP) is 6.11. The SMILES string of the molecule is C=C1CCN(C(=O)CNC(=O)OC)C1c1ncc(-c2ccc(-c3ccc4c(ccc5[nH]c(C6C7CCC(C7)N6C)nc54)c3)cc2)[nH]1. The molecule has 3 aliphatic rings. The number of alkyl carbamates (subject to hydrolysis) is 1. The Balaban J connectivity index is 1.01. The van der Waals surface area contributed by atoms with E-state index in [1.165, 1.54) is 37.1 Å². The monoisotopic (exact) mass is 615 g/mol. The highest BCUT2D eigenvalue weighted by Crippen LogP contribution is 2.49. The number of fused-ring (bicyclic) bond motifs is 5. The Morgan fingerprint density at radius 1 is 1.02 bits per heavy atom. The molecule has 2 amide bonds. The zero-order valence-corrected chi connectivity index (χ0v) is 26.0. The van der Waals surface area contributed by atoms with E-state index in [-0.39, 0.29) is 18.5 Å². The molecular formula is C36H37N7O3. The van der Waals surface area contributed by atoms with Gasteiger partial charge in [-0.2, -0.15) is 0 Å². The van der Waals surface area contributed by atoms with Crippen molar-refractivity contribution in [1.29, 1.82) is 0 Å². The number of carbonyl (C=O) groups is 2. The van der Waals surface area contributed by atoms with Crippen LogP contribution in [0.1, 0.15) is 49.4 Å². The van der Waals surface area contributed by atoms with Gasteiger partial charge in [-0.1, -0.05) is 49.0 Å². The van der Waals surface area contributed by atoms with Crippen LogP contribution in [0.3, 0.4) is 0 Å². The van der Waals surface area contributed by atoms with Crippen molar-refractivity contribution in [2.75, 3.05) is 27.2 Å². The van der Waals surface area contributed by atoms with Gasteiger partial charge in [0.1, 0.15) is 24.2 Å². The van der Waals surface area contributed by atoms with Gasteiger partial charge in [-0.3, -0.25) is 9.69 Å². The van der Waals surface area contributed by atoms with Gasteiger partial charge in [-0.25, -0.2) is 14.8 Å². The van der Waals surface area contributed by atoms with Gasteiger partial charge in [0.15, 0.2) is 0 Å². The van der Waals surface area contributed by atoms with Gasteiger partial charge in [0.05, 0.1) is 36.1 Å². The predicted molar refractivity (Wildman–Crippen MR) is 177 cm³/mol. The fourth-order valence-electron chi connectivity index (χ4n) is 7.91. The number of piperidine rings is 1. The summed E-state index contributed by atoms with van der Waals surface area (Å²) in [4.78, 5) is 45.3. The van der Waals surface area contributed by atoms with Crippen molar-refractivity contribution in [1.82, 2.24) is 35.1 Å². The van der Waals surface area contributed by atoms with Gasteiger partial charge < -0.3 is 24.9 Å². The zero-order valence-electron chi connectivity index (χ0n) is 26.0. The lowest BCUT2D eigenvalue weighted by molar-refractivity contribution is -0.130. The first-order valence-corrected chi connectivity index (χ1v) is 16.0. The molecule has 2 bridgehead atoms. The molecule has 0 radical (unpaired) electrons. The highest BCUT2D eigenvalue weighted by atomic mass is 16.5. The van der Waals surface area contributed by atoms with Gasteiger partial charge in [0.2, 0.25) is 5.91 Å². The van der Waals surface area contributed by atoms with Crippen molar-refractivity contribution < 1.29 is 14.3 Å². The highest BCUT2D eigenvalue weighted by molar-refractivity contribution is 6.05. The third kappa shape index (κ3) is 4.75. The van der Waals surface area contributed by atoms with E-state index in [1.54, 1.807) is 11.1 Å². The number of benzene rings is 3. The molecule has 4 atom stereocenters. The Morgan fingerprint density at radius 2 is 1.83 bits per heavy atom. The summed E-state index contributed by atoms with van der Waals surface area (Å²) in [5.74, 6) is 2.24. The van der Waals surface area contributed by atoms with Crippen molar-refractivity contribution in [2.24, 2.45) is 5.92 Å². The van der Waals surface area contributed by atoms with Crippen LogP contribution in [0.25, 0.3) is 44.2 Å². The number of carbonyl (C=O) groups excluding carboxylic acids is 2. The van der Waals surface area contributed by atoms with Crippen LogP contribution >= 0.6 is 0 Å². The summed E-state index contributed by atoms with van der Waals surface area (Å²) in [6.07, 6.45) is 5.73. The van der Waals surface area contributed by atoms with Crippen LogP contribution in [0.5, 0.6) is 0 Å². The van der Waals surface area contributed by atoms with Crippen molar-refractivity contribution in [3.05, 3.63) is 84.6 Å². The Hall–Kier alpha value is -4.96. The summed E-state index contributed by atoms with van der Waals surface area (Å²) in [6, 6.07) is 20.1. The molecule has 3 aromatic carbocycles. The van der Waals surface area contributed by atoms with Crippen LogP contribution in [-0.4, -0.2) is 75.0 Å². The van der Waals surface area contributed by atoms with E-state index in [1.807, 2.05) is 0 Å². The number of likely N-dealkylation sites (tertiary alicyclic amines) is 2. The van der Waals surface area contributed by atoms with Crippen LogP contribution in [0, 0.1) is 5.92 Å². The lowest BCUT2D eigenvalue weighted by Gasteiger charge is -2.30. The number of aromatic amines is 2. The van der Waals surface area contributed by atoms with Gasteiger partial charge in [0, 0.05) is 18.0 Å². The molecule has 10 heteroatoms. The lowest BCUT2D eigenvalue weighted by atomic mass is 9.98. The number of H-pyrrole nitrogens is 2. The van der Waals surface area contributed by atoms with Crippen LogP contribution in [-0.2, 0) is 9.53 Å². The highest BCUT2D eigenvalue weighted by Gasteiger charge is 2.45. The van der Waals surface area contributed by atoms with Crippen LogP contribution < -0.4 is 5.32 Å². The summed E-state index contributed by atoms with van der Waals surface area (Å²) in [5, 5.41) is 4.80. The molecule has 2 aliphatic heterocycles. The Kier molecular flexibility index (Phi) is 6.90. The van der Waals surface area contributed by atoms with E-state index in [4.69, 9.17) is 4.98 Å². The van der Waals surface area contributed by atoms with E-state index in [0.717, 1.165) is 44.8 Å². The molecule has 2 aromatic heterocycles. The van der Waals surface area contributed by atoms with E-state index in [9.17, 15) is 9.59 Å². The van der Waals surface area contributed by atoms with Crippen LogP contribution in [0.4, 0.5) is 4.79 Å². The number of nitrogens with zero attached hydrogens (tertiary/aromatic N) is 4. The first-order valence-electron chi connectivity index (χ1n) is 16.0. The van der Waals surface area contributed by atoms with Crippen molar-refractivity contribution in [2.45, 2.75) is 43.8 Å². The first-order chi connectivity index (χ1) is 22.4. The molecule has 3 N–H and O–H groups in total. The second-order valence-electron chi connectivity index (χ2n) is 12.9. The third-order valence-corrected chi connectivity index (χ3v) is 10.3. The van der Waals surface area contributed by atoms with Crippen molar-refractivity contribution >= 4 is 33.8 Å². The quantitative estimate of drug-likeness (QED) is 0.198. The molecule has 46 heavy (non-hydrogen) atoms. The minimum atomic E-state index is -0.641. The number of hydrogen-bond acceptors (Lipinski definition) is 6. The largest absolute Gasteiger partial charge is 0.453 e. The molecule has 1 aliphatic carbocycles. The number of hydrogen-bond donors (Lipinski definition) is 3. The normalized spacial score (nSPS) is 22.7. The number of nitrogens with one attached hydrogen (secondary N) is 3. The zero-order chi connectivity index (χ0) is 31.5. The number of amides is 2. The molecule has 4 unspecified atom stereocenters. The topological polar surface area (TPSA) is 119 Å². The summed E-state index contributed by atoms with van der Waals surface area (Å²) < 4.78 is 4.58. The van der Waals surface area contributed by atoms with Gasteiger partial charge >= 0.3 is 6.09 Å². The summed E-state index contributed by atoms with van der Waals surface area (Å²) in [6.45, 7) is 4.55. The second-order valence-corrected chi connectivity index (χ2v) is 12.9. The standard InChI is InChI=1S/C36H37N7O3/c1-20-14-15-43(30(44)19-38-36(45)46-3)32(20)34-37-18-29(40-34)22-6-4-21(5-7-22)23-9-12-27-24(16-23)10-13-28-31(27)41-35(39-28)33-25-8-11-26(17-25)42(33)2/h4-7,9-10,12-13,16,18,25-26,32-33H,1,8,11,14-15,17,19H2,2-3H3,(H,37,40)(H,38,45)(H,39,41). The van der Waals surface area contributed by atoms with Gasteiger partial charge in [0.25, 0.3) is 0 Å². The van der Waals surface area contributed by atoms with E-state index in [0.29, 0.717) is 36.8 Å². The van der Waals surface area contributed by atoms with Gasteiger partial charge in [-0.15, -0.1) is 0 Å². The van der Waals surface area contributed by atoms with E-state index in [2.05, 4.69) is 98.1 Å². The second kappa shape index (κ2) is 11.1. The fourth-order valence-corrected chi connectivity index (χ4v) is 7.91. The first kappa shape index (κ1) is 28.5. The number of methoxy groups -OCH3 is 1. The molecular weight excluding hydrogens is 578 g/mol. The molecule has 1 saturated carbocycles. The molecule has 0 spiro atoms. The van der Waals surface area contributed by atoms with Crippen LogP contribution in [0.15, 0.2) is 72.9 Å². The summed E-state index contributed by atoms with van der Waals surface area (Å²) in [5.41, 5.74) is 7.17. The molecule has 2 saturated heterocycles. The minimum absolute atomic E-state index is 0.146. The minimum Gasteiger partial charge on any atom is -0.453 e. The van der Waals surface area contributed by atoms with Crippen molar-refractivity contribution in [3.8, 4) is 22.4 Å². The molecule has 4 heterocycles. The maximum atomic E-state index is 12.8. The Labute approximate surface area is 266 Å². The van der Waals surface area contributed by atoms with E-state index >= 15 is 0 Å². The van der Waals surface area contributed by atoms with Gasteiger partial charge in [-0.05, 0) is 78.4 Å². The Bertz CT molecular complexity index is 1990. The Morgan fingerprint density at radius 3 is 2.61 bits per heavy atom. The molecule has 10 nitrogen and oxygen atoms in total. The van der Waals surface area contributed by atoms with Crippen molar-refractivity contribution in [3.63, 3.8) is 0 Å². The third-order valence-electron chi connectivity index (χ3n) is 10.3. The summed E-state index contributed by atoms with van der Waals surface area (Å²) >= 11 is 0. The fraction of sp³-hybridized carbons (Fsp3) is 0.333. The molecule has 5 aromatic rings. The summed E-state index contributed by atoms with van der Waals surface area (Å²) in [7, 11) is 3.52. The van der Waals surface area contributed by atoms with Crippen LogP contribution in [0.2, 0.25) is 0 Å². The number of ether oxygens (including phenoxy) is 1. The van der Waals surface area contributed by atoms with E-state index < -0.39 is 6.09 Å². The number of rotatable bonds is 6. The number of imidazole rings is 2. The average molecular weight is 616 g/mol. The maximum Gasteiger partial charge on any atom is 0.407 e. The molecule has 234 valence electrons. The maximum absolute atomic E-state index is 12.8. The molecule has 8 rings (SSSR count). The average Bonchev–Trinajstić information content (AvgIpc) is 3.92.